The largest absolute Gasteiger partial charge is 0.504 e. The zero-order chi connectivity index (χ0) is 15.5. The molecule has 0 aliphatic carbocycles. The number of amides is 1. The van der Waals surface area contributed by atoms with Crippen molar-refractivity contribution in [1.82, 2.24) is 10.3 Å². The Bertz CT molecular complexity index is 824. The molecule has 0 saturated heterocycles. The Hall–Kier alpha value is -2.95. The van der Waals surface area contributed by atoms with E-state index in [9.17, 15) is 15.0 Å². The Morgan fingerprint density at radius 1 is 1.09 bits per heavy atom. The Labute approximate surface area is 127 Å². The highest BCUT2D eigenvalue weighted by Crippen LogP contribution is 2.27. The van der Waals surface area contributed by atoms with E-state index in [1.807, 2.05) is 30.5 Å². The zero-order valence-electron chi connectivity index (χ0n) is 11.8. The molecule has 0 unspecified atom stereocenters. The summed E-state index contributed by atoms with van der Waals surface area (Å²) in [4.78, 5) is 15.2. The molecule has 3 aromatic rings. The van der Waals surface area contributed by atoms with Gasteiger partial charge in [-0.3, -0.25) is 4.79 Å². The predicted molar refractivity (Wildman–Crippen MR) is 84.1 cm³/mol. The summed E-state index contributed by atoms with van der Waals surface area (Å²) in [5, 5.41) is 23.0. The lowest BCUT2D eigenvalue weighted by Gasteiger charge is -2.07. The van der Waals surface area contributed by atoms with E-state index in [2.05, 4.69) is 10.3 Å². The first kappa shape index (κ1) is 14.0. The van der Waals surface area contributed by atoms with Crippen LogP contribution in [0.5, 0.6) is 11.5 Å². The number of hydrogen-bond donors (Lipinski definition) is 4. The highest BCUT2D eigenvalue weighted by molar-refractivity contribution is 5.97. The summed E-state index contributed by atoms with van der Waals surface area (Å²) in [6.45, 7) is 0.440. The topological polar surface area (TPSA) is 85.4 Å². The van der Waals surface area contributed by atoms with Gasteiger partial charge in [-0.05, 0) is 30.2 Å². The van der Waals surface area contributed by atoms with Gasteiger partial charge in [-0.1, -0.05) is 24.3 Å². The van der Waals surface area contributed by atoms with Crippen molar-refractivity contribution in [2.75, 3.05) is 6.54 Å². The molecule has 0 spiro atoms. The fourth-order valence-corrected chi connectivity index (χ4v) is 2.46. The molecule has 1 amide bonds. The van der Waals surface area contributed by atoms with E-state index in [0.29, 0.717) is 13.0 Å². The van der Waals surface area contributed by atoms with Crippen molar-refractivity contribution < 1.29 is 15.0 Å². The maximum Gasteiger partial charge on any atom is 0.255 e. The molecular formula is C17H16N2O3. The van der Waals surface area contributed by atoms with Crippen LogP contribution in [0.3, 0.4) is 0 Å². The molecule has 22 heavy (non-hydrogen) atoms. The second-order valence-corrected chi connectivity index (χ2v) is 5.04. The lowest BCUT2D eigenvalue weighted by molar-refractivity contribution is 0.0951. The number of carbonyl (C=O) groups is 1. The lowest BCUT2D eigenvalue weighted by atomic mass is 10.1. The number of para-hydroxylation sites is 2. The molecule has 0 radical (unpaired) electrons. The second-order valence-electron chi connectivity index (χ2n) is 5.04. The van der Waals surface area contributed by atoms with Gasteiger partial charge in [0.25, 0.3) is 5.91 Å². The average molecular weight is 296 g/mol. The number of benzene rings is 2. The van der Waals surface area contributed by atoms with E-state index < -0.39 is 11.7 Å². The molecule has 112 valence electrons. The number of aromatic nitrogens is 1. The van der Waals surface area contributed by atoms with Crippen molar-refractivity contribution in [2.24, 2.45) is 0 Å². The normalized spacial score (nSPS) is 10.7. The van der Waals surface area contributed by atoms with E-state index in [0.717, 1.165) is 16.5 Å². The Balaban J connectivity index is 1.66. The van der Waals surface area contributed by atoms with Crippen molar-refractivity contribution in [3.8, 4) is 11.5 Å². The van der Waals surface area contributed by atoms with Crippen LogP contribution in [-0.2, 0) is 6.42 Å². The Morgan fingerprint density at radius 2 is 1.91 bits per heavy atom. The van der Waals surface area contributed by atoms with Gasteiger partial charge in [0.2, 0.25) is 0 Å². The van der Waals surface area contributed by atoms with Gasteiger partial charge in [0, 0.05) is 23.6 Å². The van der Waals surface area contributed by atoms with Crippen LogP contribution in [0.4, 0.5) is 0 Å². The van der Waals surface area contributed by atoms with Crippen LogP contribution in [0.1, 0.15) is 15.9 Å². The van der Waals surface area contributed by atoms with Crippen LogP contribution >= 0.6 is 0 Å². The minimum absolute atomic E-state index is 0.0685. The van der Waals surface area contributed by atoms with E-state index >= 15 is 0 Å². The van der Waals surface area contributed by atoms with Gasteiger partial charge in [-0.15, -0.1) is 0 Å². The van der Waals surface area contributed by atoms with E-state index in [1.54, 1.807) is 0 Å². The van der Waals surface area contributed by atoms with Crippen LogP contribution in [0.15, 0.2) is 48.7 Å². The maximum atomic E-state index is 12.0. The average Bonchev–Trinajstić information content (AvgIpc) is 2.93. The number of H-pyrrole nitrogens is 1. The van der Waals surface area contributed by atoms with Gasteiger partial charge < -0.3 is 20.5 Å². The molecule has 0 aliphatic heterocycles. The molecule has 3 rings (SSSR count). The summed E-state index contributed by atoms with van der Waals surface area (Å²) in [7, 11) is 0. The molecule has 1 heterocycles. The number of aromatic hydroxyl groups is 2. The van der Waals surface area contributed by atoms with Crippen molar-refractivity contribution >= 4 is 16.8 Å². The van der Waals surface area contributed by atoms with E-state index in [-0.39, 0.29) is 11.3 Å². The summed E-state index contributed by atoms with van der Waals surface area (Å²) in [5.74, 6) is -1.11. The molecule has 4 N–H and O–H groups in total. The van der Waals surface area contributed by atoms with Gasteiger partial charge in [0.1, 0.15) is 0 Å². The van der Waals surface area contributed by atoms with Gasteiger partial charge in [-0.2, -0.15) is 0 Å². The summed E-state index contributed by atoms with van der Waals surface area (Å²) >= 11 is 0. The molecule has 5 nitrogen and oxygen atoms in total. The number of phenolic OH excluding ortho intramolecular Hbond substituents is 2. The third-order valence-electron chi connectivity index (χ3n) is 3.61. The number of fused-ring (bicyclic) bond motifs is 1. The first-order valence-corrected chi connectivity index (χ1v) is 7.01. The second kappa shape index (κ2) is 5.81. The Morgan fingerprint density at radius 3 is 2.77 bits per heavy atom. The maximum absolute atomic E-state index is 12.0. The third kappa shape index (κ3) is 2.61. The fourth-order valence-electron chi connectivity index (χ4n) is 2.46. The molecule has 2 aromatic carbocycles. The number of phenols is 2. The quantitative estimate of drug-likeness (QED) is 0.558. The number of hydrogen-bond acceptors (Lipinski definition) is 3. The molecule has 0 atom stereocenters. The highest BCUT2D eigenvalue weighted by Gasteiger charge is 2.13. The monoisotopic (exact) mass is 296 g/mol. The summed E-state index contributed by atoms with van der Waals surface area (Å²) in [5.41, 5.74) is 2.25. The van der Waals surface area contributed by atoms with Crippen molar-refractivity contribution in [1.29, 1.82) is 0 Å². The van der Waals surface area contributed by atoms with Crippen LogP contribution in [-0.4, -0.2) is 27.6 Å². The predicted octanol–water partition coefficient (Wildman–Crippen LogP) is 2.55. The zero-order valence-corrected chi connectivity index (χ0v) is 11.8. The summed E-state index contributed by atoms with van der Waals surface area (Å²) < 4.78 is 0. The van der Waals surface area contributed by atoms with Crippen LogP contribution < -0.4 is 5.32 Å². The van der Waals surface area contributed by atoms with Gasteiger partial charge in [0.15, 0.2) is 11.5 Å². The first-order chi connectivity index (χ1) is 10.7. The molecule has 0 bridgehead atoms. The minimum atomic E-state index is -0.409. The number of aromatic amines is 1. The van der Waals surface area contributed by atoms with Crippen molar-refractivity contribution in [3.05, 3.63) is 59.8 Å². The molecule has 1 aromatic heterocycles. The van der Waals surface area contributed by atoms with E-state index in [4.69, 9.17) is 0 Å². The van der Waals surface area contributed by atoms with Gasteiger partial charge >= 0.3 is 0 Å². The van der Waals surface area contributed by atoms with Crippen molar-refractivity contribution in [2.45, 2.75) is 6.42 Å². The molecule has 5 heteroatoms. The number of nitrogens with one attached hydrogen (secondary N) is 2. The molecule has 0 fully saturated rings. The van der Waals surface area contributed by atoms with Crippen molar-refractivity contribution in [3.63, 3.8) is 0 Å². The fraction of sp³-hybridized carbons (Fsp3) is 0.118. The standard InChI is InChI=1S/C17H16N2O3/c20-15-7-3-5-13(16(15)21)17(22)18-9-8-11-10-19-14-6-2-1-4-12(11)14/h1-7,10,19-21H,8-9H2,(H,18,22). The van der Waals surface area contributed by atoms with E-state index in [1.165, 1.54) is 18.2 Å². The third-order valence-corrected chi connectivity index (χ3v) is 3.61. The minimum Gasteiger partial charge on any atom is -0.504 e. The van der Waals surface area contributed by atoms with Crippen LogP contribution in [0.25, 0.3) is 10.9 Å². The summed E-state index contributed by atoms with van der Waals surface area (Å²) in [6, 6.07) is 12.3. The summed E-state index contributed by atoms with van der Waals surface area (Å²) in [6.07, 6.45) is 2.61. The first-order valence-electron chi connectivity index (χ1n) is 7.01. The molecular weight excluding hydrogens is 280 g/mol. The highest BCUT2D eigenvalue weighted by atomic mass is 16.3. The van der Waals surface area contributed by atoms with Gasteiger partial charge in [0.05, 0.1) is 5.56 Å². The lowest BCUT2D eigenvalue weighted by Crippen LogP contribution is -2.25. The van der Waals surface area contributed by atoms with Crippen LogP contribution in [0.2, 0.25) is 0 Å². The Kier molecular flexibility index (Phi) is 3.70. The SMILES string of the molecule is O=C(NCCc1c[nH]c2ccccc12)c1cccc(O)c1O. The molecule has 0 saturated carbocycles. The number of rotatable bonds is 4. The molecule has 0 aliphatic rings. The van der Waals surface area contributed by atoms with Gasteiger partial charge in [-0.25, -0.2) is 0 Å². The smallest absolute Gasteiger partial charge is 0.255 e. The number of carbonyl (C=O) groups excluding carboxylic acids is 1. The van der Waals surface area contributed by atoms with Crippen LogP contribution in [0, 0.1) is 0 Å².